The summed E-state index contributed by atoms with van der Waals surface area (Å²) in [6.45, 7) is 5.75. The van der Waals surface area contributed by atoms with E-state index in [1.54, 1.807) is 7.11 Å². The van der Waals surface area contributed by atoms with Gasteiger partial charge >= 0.3 is 0 Å². The van der Waals surface area contributed by atoms with E-state index in [0.29, 0.717) is 0 Å². The Kier molecular flexibility index (Phi) is 4.00. The minimum Gasteiger partial charge on any atom is -0.497 e. The maximum absolute atomic E-state index is 5.18. The summed E-state index contributed by atoms with van der Waals surface area (Å²) in [5.74, 6) is 0.927. The van der Waals surface area contributed by atoms with Gasteiger partial charge in [0.05, 0.1) is 12.0 Å². The molecule has 2 unspecified atom stereocenters. The fourth-order valence-corrected chi connectivity index (χ4v) is 3.88. The van der Waals surface area contributed by atoms with Crippen molar-refractivity contribution in [2.75, 3.05) is 13.7 Å². The summed E-state index contributed by atoms with van der Waals surface area (Å²) in [5.41, 5.74) is 1.36. The second-order valence-corrected chi connectivity index (χ2v) is 6.84. The van der Waals surface area contributed by atoms with Gasteiger partial charge in [-0.3, -0.25) is 0 Å². The van der Waals surface area contributed by atoms with Crippen LogP contribution in [0.2, 0.25) is 0 Å². The highest BCUT2D eigenvalue weighted by Gasteiger charge is 2.30. The van der Waals surface area contributed by atoms with E-state index in [1.807, 2.05) is 12.1 Å². The van der Waals surface area contributed by atoms with Crippen molar-refractivity contribution in [3.8, 4) is 5.75 Å². The first-order chi connectivity index (χ1) is 8.11. The summed E-state index contributed by atoms with van der Waals surface area (Å²) in [4.78, 5) is 0.173. The Bertz CT molecular complexity index is 365. The van der Waals surface area contributed by atoms with Gasteiger partial charge in [0.25, 0.3) is 0 Å². The van der Waals surface area contributed by atoms with Crippen LogP contribution in [0.15, 0.2) is 24.3 Å². The minimum absolute atomic E-state index is 0.173. The van der Waals surface area contributed by atoms with Gasteiger partial charge in [0, 0.05) is 5.25 Å². The molecule has 0 saturated carbocycles. The van der Waals surface area contributed by atoms with Crippen molar-refractivity contribution in [2.24, 2.45) is 0 Å². The summed E-state index contributed by atoms with van der Waals surface area (Å²) in [6.07, 6.45) is 2.33. The van der Waals surface area contributed by atoms with Crippen LogP contribution in [0.1, 0.15) is 25.8 Å². The topological polar surface area (TPSA) is 21.3 Å². The van der Waals surface area contributed by atoms with Crippen LogP contribution < -0.4 is 10.1 Å². The molecule has 94 valence electrons. The summed E-state index contributed by atoms with van der Waals surface area (Å²) in [6, 6.07) is 8.39. The van der Waals surface area contributed by atoms with Crippen LogP contribution >= 0.6 is 11.8 Å². The Morgan fingerprint density at radius 1 is 1.41 bits per heavy atom. The van der Waals surface area contributed by atoms with E-state index < -0.39 is 0 Å². The average Bonchev–Trinajstić information content (AvgIpc) is 2.29. The Morgan fingerprint density at radius 2 is 2.12 bits per heavy atom. The second kappa shape index (κ2) is 5.32. The van der Waals surface area contributed by atoms with Crippen molar-refractivity contribution in [3.05, 3.63) is 29.8 Å². The molecule has 0 spiro atoms. The molecule has 1 N–H and O–H groups in total. The van der Waals surface area contributed by atoms with Gasteiger partial charge in [-0.1, -0.05) is 19.1 Å². The molecule has 1 aromatic carbocycles. The zero-order valence-electron chi connectivity index (χ0n) is 10.8. The molecule has 1 fully saturated rings. The number of methoxy groups -OCH3 is 1. The molecule has 0 radical (unpaired) electrons. The van der Waals surface area contributed by atoms with E-state index >= 15 is 0 Å². The molecule has 17 heavy (non-hydrogen) atoms. The number of benzene rings is 1. The van der Waals surface area contributed by atoms with Gasteiger partial charge in [-0.2, -0.15) is 0 Å². The molecule has 2 atom stereocenters. The lowest BCUT2D eigenvalue weighted by Crippen LogP contribution is -2.47. The van der Waals surface area contributed by atoms with Crippen LogP contribution in [-0.2, 0) is 6.42 Å². The van der Waals surface area contributed by atoms with Crippen LogP contribution in [-0.4, -0.2) is 23.8 Å². The number of hydrogen-bond acceptors (Lipinski definition) is 3. The molecule has 3 heteroatoms. The molecular formula is C14H21NOS. The molecule has 0 aromatic heterocycles. The monoisotopic (exact) mass is 251 g/mol. The number of nitrogens with one attached hydrogen (secondary N) is 1. The van der Waals surface area contributed by atoms with E-state index in [0.717, 1.165) is 24.0 Å². The third-order valence-corrected chi connectivity index (χ3v) is 4.66. The first-order valence-electron chi connectivity index (χ1n) is 6.17. The summed E-state index contributed by atoms with van der Waals surface area (Å²) in [7, 11) is 1.70. The average molecular weight is 251 g/mol. The van der Waals surface area contributed by atoms with Crippen LogP contribution in [0.3, 0.4) is 0 Å². The predicted molar refractivity (Wildman–Crippen MR) is 74.8 cm³/mol. The van der Waals surface area contributed by atoms with Crippen molar-refractivity contribution in [2.45, 2.75) is 36.8 Å². The van der Waals surface area contributed by atoms with Crippen LogP contribution in [0, 0.1) is 0 Å². The Hall–Kier alpha value is -0.670. The smallest absolute Gasteiger partial charge is 0.118 e. The number of ether oxygens (including phenoxy) is 1. The quantitative estimate of drug-likeness (QED) is 0.892. The van der Waals surface area contributed by atoms with Gasteiger partial charge < -0.3 is 10.1 Å². The third kappa shape index (κ3) is 3.39. The molecule has 2 rings (SSSR count). The van der Waals surface area contributed by atoms with Crippen LogP contribution in [0.25, 0.3) is 0 Å². The molecule has 2 nitrogen and oxygen atoms in total. The summed E-state index contributed by atoms with van der Waals surface area (Å²) in [5, 5.41) is 4.38. The minimum atomic E-state index is 0.173. The van der Waals surface area contributed by atoms with Crippen LogP contribution in [0.4, 0.5) is 0 Å². The highest BCUT2D eigenvalue weighted by Crippen LogP contribution is 2.34. The molecule has 0 aliphatic carbocycles. The normalized spacial score (nSPS) is 29.0. The zero-order chi connectivity index (χ0) is 12.3. The summed E-state index contributed by atoms with van der Waals surface area (Å²) >= 11 is 2.05. The highest BCUT2D eigenvalue weighted by atomic mass is 32.2. The van der Waals surface area contributed by atoms with Crippen molar-refractivity contribution >= 4 is 11.8 Å². The molecule has 0 amide bonds. The van der Waals surface area contributed by atoms with Gasteiger partial charge in [0.2, 0.25) is 0 Å². The highest BCUT2D eigenvalue weighted by molar-refractivity contribution is 8.01. The van der Waals surface area contributed by atoms with Gasteiger partial charge in [-0.25, -0.2) is 0 Å². The van der Waals surface area contributed by atoms with Gasteiger partial charge in [0.1, 0.15) is 5.75 Å². The lowest BCUT2D eigenvalue weighted by molar-refractivity contribution is 0.414. The lowest BCUT2D eigenvalue weighted by Gasteiger charge is -2.37. The summed E-state index contributed by atoms with van der Waals surface area (Å²) < 4.78 is 5.18. The first-order valence-corrected chi connectivity index (χ1v) is 7.05. The largest absolute Gasteiger partial charge is 0.497 e. The van der Waals surface area contributed by atoms with Crippen molar-refractivity contribution in [1.82, 2.24) is 5.32 Å². The Morgan fingerprint density at radius 3 is 2.71 bits per heavy atom. The Labute approximate surface area is 108 Å². The zero-order valence-corrected chi connectivity index (χ0v) is 11.6. The molecular weight excluding hydrogens is 230 g/mol. The fraction of sp³-hybridized carbons (Fsp3) is 0.571. The van der Waals surface area contributed by atoms with E-state index in [1.165, 1.54) is 12.0 Å². The third-order valence-electron chi connectivity index (χ3n) is 3.21. The van der Waals surface area contributed by atoms with Crippen molar-refractivity contribution in [3.63, 3.8) is 0 Å². The number of thioether (sulfide) groups is 1. The lowest BCUT2D eigenvalue weighted by atomic mass is 10.1. The van der Waals surface area contributed by atoms with Gasteiger partial charge in [0.15, 0.2) is 0 Å². The molecule has 1 aliphatic rings. The maximum Gasteiger partial charge on any atom is 0.118 e. The molecule has 1 aliphatic heterocycles. The number of rotatable bonds is 3. The first kappa shape index (κ1) is 12.8. The standard InChI is InChI=1S/C14H21NOS/c1-11-8-9-15-14(2,17-11)10-12-4-6-13(16-3)7-5-12/h4-7,11,15H,8-10H2,1-3H3. The van der Waals surface area contributed by atoms with Crippen molar-refractivity contribution < 1.29 is 4.74 Å². The van der Waals surface area contributed by atoms with E-state index in [9.17, 15) is 0 Å². The SMILES string of the molecule is COc1ccc(CC2(C)NCCC(C)S2)cc1. The molecule has 1 heterocycles. The van der Waals surface area contributed by atoms with Gasteiger partial charge in [-0.05, 0) is 44.0 Å². The fourth-order valence-electron chi connectivity index (χ4n) is 2.32. The number of hydrogen-bond donors (Lipinski definition) is 1. The predicted octanol–water partition coefficient (Wildman–Crippen LogP) is 3.07. The Balaban J connectivity index is 2.03. The van der Waals surface area contributed by atoms with Crippen LogP contribution in [0.5, 0.6) is 5.75 Å². The second-order valence-electron chi connectivity index (χ2n) is 4.90. The molecule has 1 saturated heterocycles. The maximum atomic E-state index is 5.18. The van der Waals surface area contributed by atoms with E-state index in [4.69, 9.17) is 4.74 Å². The van der Waals surface area contributed by atoms with Gasteiger partial charge in [-0.15, -0.1) is 11.8 Å². The van der Waals surface area contributed by atoms with Crippen molar-refractivity contribution in [1.29, 1.82) is 0 Å². The van der Waals surface area contributed by atoms with E-state index in [2.05, 4.69) is 43.1 Å². The van der Waals surface area contributed by atoms with E-state index in [-0.39, 0.29) is 4.87 Å². The molecule has 0 bridgehead atoms. The molecule has 1 aromatic rings.